The van der Waals surface area contributed by atoms with Gasteiger partial charge in [-0.05, 0) is 44.4 Å². The van der Waals surface area contributed by atoms with Gasteiger partial charge in [0.05, 0.1) is 22.3 Å². The molecule has 3 nitrogen and oxygen atoms in total. The van der Waals surface area contributed by atoms with E-state index in [2.05, 4.69) is 98.0 Å². The van der Waals surface area contributed by atoms with Gasteiger partial charge in [0, 0.05) is 16.5 Å². The lowest BCUT2D eigenvalue weighted by molar-refractivity contribution is 0.482. The summed E-state index contributed by atoms with van der Waals surface area (Å²) in [5.41, 5.74) is 9.56. The van der Waals surface area contributed by atoms with E-state index in [9.17, 15) is 5.11 Å². The van der Waals surface area contributed by atoms with Crippen molar-refractivity contribution in [1.29, 1.82) is 0 Å². The third-order valence-corrected chi connectivity index (χ3v) is 6.48. The molecule has 0 fully saturated rings. The second-order valence-corrected chi connectivity index (χ2v) is 8.92. The minimum absolute atomic E-state index is 0.247. The Labute approximate surface area is 192 Å². The van der Waals surface area contributed by atoms with Crippen LogP contribution in [0.25, 0.3) is 49.8 Å². The van der Waals surface area contributed by atoms with Gasteiger partial charge in [-0.15, -0.1) is 0 Å². The molecule has 0 radical (unpaired) electrons. The highest BCUT2D eigenvalue weighted by atomic mass is 16.3. The van der Waals surface area contributed by atoms with Crippen LogP contribution in [0.2, 0.25) is 0 Å². The Kier molecular flexibility index (Phi) is 4.27. The molecule has 0 atom stereocenters. The summed E-state index contributed by atoms with van der Waals surface area (Å²) in [6, 6.07) is 29.3. The summed E-state index contributed by atoms with van der Waals surface area (Å²) < 4.78 is 2.22. The predicted octanol–water partition coefficient (Wildman–Crippen LogP) is 7.61. The first-order valence-corrected chi connectivity index (χ1v) is 11.2. The van der Waals surface area contributed by atoms with Crippen molar-refractivity contribution in [2.75, 3.05) is 0 Å². The first-order chi connectivity index (χ1) is 16.0. The number of aromatic hydroxyl groups is 1. The minimum Gasteiger partial charge on any atom is -0.507 e. The monoisotopic (exact) mass is 428 g/mol. The molecule has 0 amide bonds. The van der Waals surface area contributed by atoms with E-state index in [4.69, 9.17) is 4.98 Å². The molecule has 2 aromatic heterocycles. The van der Waals surface area contributed by atoms with Crippen molar-refractivity contribution in [2.45, 2.75) is 20.8 Å². The van der Waals surface area contributed by atoms with Crippen molar-refractivity contribution >= 4 is 27.3 Å². The molecule has 160 valence electrons. The van der Waals surface area contributed by atoms with Gasteiger partial charge in [0.2, 0.25) is 0 Å². The normalized spacial score (nSPS) is 11.6. The predicted molar refractivity (Wildman–Crippen MR) is 137 cm³/mol. The summed E-state index contributed by atoms with van der Waals surface area (Å²) in [6.45, 7) is 6.30. The van der Waals surface area contributed by atoms with E-state index in [1.165, 1.54) is 16.7 Å². The Morgan fingerprint density at radius 3 is 2.00 bits per heavy atom. The maximum atomic E-state index is 11.0. The highest BCUT2D eigenvalue weighted by Crippen LogP contribution is 2.41. The molecular weight excluding hydrogens is 404 g/mol. The summed E-state index contributed by atoms with van der Waals surface area (Å²) in [4.78, 5) is 5.18. The summed E-state index contributed by atoms with van der Waals surface area (Å²) >= 11 is 0. The van der Waals surface area contributed by atoms with Crippen molar-refractivity contribution in [3.8, 4) is 28.3 Å². The first kappa shape index (κ1) is 19.6. The van der Waals surface area contributed by atoms with Crippen LogP contribution < -0.4 is 0 Å². The molecule has 2 heterocycles. The lowest BCUT2D eigenvalue weighted by atomic mass is 10.0. The molecule has 0 spiro atoms. The van der Waals surface area contributed by atoms with E-state index in [-0.39, 0.29) is 5.75 Å². The third kappa shape index (κ3) is 3.00. The average molecular weight is 429 g/mol. The Morgan fingerprint density at radius 1 is 0.667 bits per heavy atom. The highest BCUT2D eigenvalue weighted by Gasteiger charge is 2.22. The lowest BCUT2D eigenvalue weighted by Crippen LogP contribution is -1.95. The van der Waals surface area contributed by atoms with Crippen LogP contribution in [0.3, 0.4) is 0 Å². The zero-order valence-corrected chi connectivity index (χ0v) is 18.9. The molecule has 0 saturated heterocycles. The minimum atomic E-state index is 0.247. The zero-order valence-electron chi connectivity index (χ0n) is 18.9. The Bertz CT molecular complexity index is 1670. The van der Waals surface area contributed by atoms with E-state index in [0.29, 0.717) is 0 Å². The van der Waals surface area contributed by atoms with Gasteiger partial charge < -0.3 is 5.11 Å². The molecule has 0 saturated carbocycles. The maximum absolute atomic E-state index is 11.0. The van der Waals surface area contributed by atoms with E-state index >= 15 is 0 Å². The van der Waals surface area contributed by atoms with E-state index in [0.717, 1.165) is 49.8 Å². The van der Waals surface area contributed by atoms with Crippen molar-refractivity contribution in [3.05, 3.63) is 102 Å². The van der Waals surface area contributed by atoms with Gasteiger partial charge in [0.15, 0.2) is 0 Å². The molecule has 0 aliphatic rings. The molecular formula is C30H24N2O. The second kappa shape index (κ2) is 7.21. The summed E-state index contributed by atoms with van der Waals surface area (Å²) in [7, 11) is 0. The van der Waals surface area contributed by atoms with E-state index in [1.807, 2.05) is 6.07 Å². The van der Waals surface area contributed by atoms with Crippen LogP contribution >= 0.6 is 0 Å². The number of pyridine rings is 1. The van der Waals surface area contributed by atoms with Gasteiger partial charge in [0.1, 0.15) is 11.4 Å². The smallest absolute Gasteiger partial charge is 0.150 e. The number of imidazole rings is 1. The van der Waals surface area contributed by atoms with Gasteiger partial charge in [-0.1, -0.05) is 83.4 Å². The number of fused-ring (bicyclic) bond motifs is 6. The molecule has 4 aromatic carbocycles. The van der Waals surface area contributed by atoms with Crippen LogP contribution in [0.15, 0.2) is 84.9 Å². The van der Waals surface area contributed by atoms with Crippen LogP contribution in [-0.4, -0.2) is 14.5 Å². The number of hydrogen-bond acceptors (Lipinski definition) is 2. The molecule has 6 aromatic rings. The molecule has 6 rings (SSSR count). The summed E-state index contributed by atoms with van der Waals surface area (Å²) in [5.74, 6) is 0.247. The number of aromatic nitrogens is 2. The summed E-state index contributed by atoms with van der Waals surface area (Å²) in [6.07, 6.45) is 0. The van der Waals surface area contributed by atoms with Gasteiger partial charge >= 0.3 is 0 Å². The SMILES string of the molecule is Cc1ccc(-c2nc3c4c(O)cccc4c4cc(C)ccc4n3c2-c2ccc(C)cc2)cc1. The molecule has 1 N–H and O–H groups in total. The fraction of sp³-hybridized carbons (Fsp3) is 0.100. The zero-order chi connectivity index (χ0) is 22.7. The van der Waals surface area contributed by atoms with Crippen molar-refractivity contribution in [3.63, 3.8) is 0 Å². The number of benzene rings is 4. The Morgan fingerprint density at radius 2 is 1.30 bits per heavy atom. The molecule has 0 unspecified atom stereocenters. The topological polar surface area (TPSA) is 37.5 Å². The summed E-state index contributed by atoms with van der Waals surface area (Å²) in [5, 5.41) is 13.9. The maximum Gasteiger partial charge on any atom is 0.150 e. The quantitative estimate of drug-likeness (QED) is 0.288. The fourth-order valence-electron chi connectivity index (χ4n) is 4.77. The van der Waals surface area contributed by atoms with Gasteiger partial charge in [0.25, 0.3) is 0 Å². The Hall–Kier alpha value is -4.11. The van der Waals surface area contributed by atoms with E-state index in [1.54, 1.807) is 6.07 Å². The molecule has 0 aliphatic carbocycles. The largest absolute Gasteiger partial charge is 0.507 e. The van der Waals surface area contributed by atoms with Crippen molar-refractivity contribution in [2.24, 2.45) is 0 Å². The lowest BCUT2D eigenvalue weighted by Gasteiger charge is -2.13. The molecule has 33 heavy (non-hydrogen) atoms. The van der Waals surface area contributed by atoms with Crippen molar-refractivity contribution < 1.29 is 5.11 Å². The Balaban J connectivity index is 1.88. The van der Waals surface area contributed by atoms with Crippen LogP contribution in [0, 0.1) is 20.8 Å². The number of rotatable bonds is 2. The number of phenols is 1. The van der Waals surface area contributed by atoms with Gasteiger partial charge in [-0.3, -0.25) is 4.40 Å². The standard InChI is InChI=1S/C30H24N2O/c1-18-7-12-21(13-8-18)28-29(22-14-9-19(2)10-15-22)32-25-16-11-20(3)17-24(25)23-5-4-6-26(33)27(23)30(32)31-28/h4-17,33H,1-3H3. The molecule has 0 bridgehead atoms. The number of hydrogen-bond donors (Lipinski definition) is 1. The highest BCUT2D eigenvalue weighted by molar-refractivity contribution is 6.15. The van der Waals surface area contributed by atoms with Crippen LogP contribution in [-0.2, 0) is 0 Å². The van der Waals surface area contributed by atoms with Gasteiger partial charge in [-0.2, -0.15) is 0 Å². The molecule has 0 aliphatic heterocycles. The average Bonchev–Trinajstić information content (AvgIpc) is 3.20. The fourth-order valence-corrected chi connectivity index (χ4v) is 4.77. The second-order valence-electron chi connectivity index (χ2n) is 8.92. The van der Waals surface area contributed by atoms with Crippen LogP contribution in [0.5, 0.6) is 5.75 Å². The number of aryl methyl sites for hydroxylation is 3. The molecule has 3 heteroatoms. The van der Waals surface area contributed by atoms with Crippen molar-refractivity contribution in [1.82, 2.24) is 9.38 Å². The third-order valence-electron chi connectivity index (χ3n) is 6.48. The van der Waals surface area contributed by atoms with Gasteiger partial charge in [-0.25, -0.2) is 4.98 Å². The first-order valence-electron chi connectivity index (χ1n) is 11.2. The van der Waals surface area contributed by atoms with Crippen LogP contribution in [0.1, 0.15) is 16.7 Å². The number of phenolic OH excluding ortho intramolecular Hbond substituents is 1. The van der Waals surface area contributed by atoms with Crippen LogP contribution in [0.4, 0.5) is 0 Å². The van der Waals surface area contributed by atoms with E-state index < -0.39 is 0 Å². The number of nitrogens with zero attached hydrogens (tertiary/aromatic N) is 2.